The van der Waals surface area contributed by atoms with Crippen molar-refractivity contribution < 1.29 is 18.3 Å². The van der Waals surface area contributed by atoms with Crippen molar-refractivity contribution in [2.24, 2.45) is 0 Å². The van der Waals surface area contributed by atoms with E-state index < -0.39 is 15.8 Å². The third-order valence-corrected chi connectivity index (χ3v) is 3.28. The molecule has 1 aromatic carbocycles. The molecule has 0 atom stereocenters. The first-order valence-electron chi connectivity index (χ1n) is 4.97. The smallest absolute Gasteiger partial charge is 0.335 e. The van der Waals surface area contributed by atoms with Gasteiger partial charge in [-0.15, -0.1) is 0 Å². The van der Waals surface area contributed by atoms with Crippen molar-refractivity contribution in [1.82, 2.24) is 9.55 Å². The van der Waals surface area contributed by atoms with Gasteiger partial charge in [0.1, 0.15) is 0 Å². The maximum atomic E-state index is 11.5. The van der Waals surface area contributed by atoms with E-state index in [1.807, 2.05) is 0 Å². The van der Waals surface area contributed by atoms with Crippen molar-refractivity contribution in [3.05, 3.63) is 42.2 Å². The van der Waals surface area contributed by atoms with Gasteiger partial charge >= 0.3 is 5.97 Å². The fourth-order valence-electron chi connectivity index (χ4n) is 1.55. The molecule has 0 radical (unpaired) electrons. The van der Waals surface area contributed by atoms with Crippen LogP contribution in [0.4, 0.5) is 0 Å². The first-order chi connectivity index (χ1) is 8.39. The molecule has 0 aliphatic rings. The minimum Gasteiger partial charge on any atom is -0.478 e. The van der Waals surface area contributed by atoms with Crippen molar-refractivity contribution in [3.63, 3.8) is 0 Å². The number of aromatic carboxylic acids is 1. The highest BCUT2D eigenvalue weighted by atomic mass is 32.2. The molecule has 0 spiro atoms. The first-order valence-corrected chi connectivity index (χ1v) is 6.86. The highest BCUT2D eigenvalue weighted by Crippen LogP contribution is 2.16. The third kappa shape index (κ3) is 2.25. The summed E-state index contributed by atoms with van der Waals surface area (Å²) in [5.41, 5.74) is 0.522. The van der Waals surface area contributed by atoms with Crippen LogP contribution in [0.25, 0.3) is 5.69 Å². The molecule has 0 aliphatic carbocycles. The van der Waals surface area contributed by atoms with E-state index in [2.05, 4.69) is 4.98 Å². The van der Waals surface area contributed by atoms with Crippen LogP contribution in [0.5, 0.6) is 0 Å². The van der Waals surface area contributed by atoms with Gasteiger partial charge in [0.2, 0.25) is 15.0 Å². The standard InChI is InChI=1S/C11H10N2O4S/c1-18(16,17)11-12-5-6-13(11)9-4-2-3-8(7-9)10(14)15/h2-7H,1H3,(H,14,15). The molecule has 0 aliphatic heterocycles. The van der Waals surface area contributed by atoms with Gasteiger partial charge in [-0.05, 0) is 18.2 Å². The minimum absolute atomic E-state index is 0.0839. The summed E-state index contributed by atoms with van der Waals surface area (Å²) in [5, 5.41) is 8.77. The summed E-state index contributed by atoms with van der Waals surface area (Å²) in [5.74, 6) is -1.07. The Morgan fingerprint density at radius 2 is 2.11 bits per heavy atom. The van der Waals surface area contributed by atoms with Crippen LogP contribution >= 0.6 is 0 Å². The van der Waals surface area contributed by atoms with Crippen LogP contribution in [0, 0.1) is 0 Å². The molecular formula is C11H10N2O4S. The SMILES string of the molecule is CS(=O)(=O)c1nccn1-c1cccc(C(=O)O)c1. The fourth-order valence-corrected chi connectivity index (χ4v) is 2.33. The largest absolute Gasteiger partial charge is 0.478 e. The molecule has 0 saturated carbocycles. The molecule has 6 nitrogen and oxygen atoms in total. The van der Waals surface area contributed by atoms with E-state index in [0.29, 0.717) is 5.69 Å². The summed E-state index contributed by atoms with van der Waals surface area (Å²) in [6.45, 7) is 0. The third-order valence-electron chi connectivity index (χ3n) is 2.31. The van der Waals surface area contributed by atoms with Crippen molar-refractivity contribution in [2.75, 3.05) is 6.26 Å². The lowest BCUT2D eigenvalue weighted by Crippen LogP contribution is -2.08. The van der Waals surface area contributed by atoms with Gasteiger partial charge in [-0.25, -0.2) is 18.2 Å². The van der Waals surface area contributed by atoms with Crippen LogP contribution in [0.2, 0.25) is 0 Å². The van der Waals surface area contributed by atoms with E-state index >= 15 is 0 Å². The number of nitrogens with zero attached hydrogens (tertiary/aromatic N) is 2. The monoisotopic (exact) mass is 266 g/mol. The molecule has 18 heavy (non-hydrogen) atoms. The van der Waals surface area contributed by atoms with Crippen LogP contribution in [0.15, 0.2) is 41.8 Å². The van der Waals surface area contributed by atoms with Crippen molar-refractivity contribution in [3.8, 4) is 5.69 Å². The predicted molar refractivity (Wildman–Crippen MR) is 63.6 cm³/mol. The quantitative estimate of drug-likeness (QED) is 0.894. The number of sulfone groups is 1. The Hall–Kier alpha value is -2.15. The van der Waals surface area contributed by atoms with Gasteiger partial charge in [0.05, 0.1) is 5.56 Å². The molecule has 2 rings (SSSR count). The van der Waals surface area contributed by atoms with Crippen LogP contribution in [-0.4, -0.2) is 35.3 Å². The molecule has 2 aromatic rings. The fraction of sp³-hybridized carbons (Fsp3) is 0.0909. The second-order valence-electron chi connectivity index (χ2n) is 3.71. The number of carbonyl (C=O) groups is 1. The van der Waals surface area contributed by atoms with Crippen molar-refractivity contribution in [2.45, 2.75) is 5.16 Å². The van der Waals surface area contributed by atoms with Crippen molar-refractivity contribution >= 4 is 15.8 Å². The Morgan fingerprint density at radius 3 is 2.72 bits per heavy atom. The van der Waals surface area contributed by atoms with Gasteiger partial charge in [-0.1, -0.05) is 6.07 Å². The van der Waals surface area contributed by atoms with E-state index in [4.69, 9.17) is 5.11 Å². The van der Waals surface area contributed by atoms with Crippen LogP contribution in [-0.2, 0) is 9.84 Å². The lowest BCUT2D eigenvalue weighted by molar-refractivity contribution is 0.0697. The van der Waals surface area contributed by atoms with E-state index in [9.17, 15) is 13.2 Å². The zero-order valence-corrected chi connectivity index (χ0v) is 10.3. The Bertz CT molecular complexity index is 703. The number of benzene rings is 1. The second kappa shape index (κ2) is 4.26. The lowest BCUT2D eigenvalue weighted by Gasteiger charge is -2.06. The Morgan fingerprint density at radius 1 is 1.39 bits per heavy atom. The number of carboxylic acid groups (broad SMARTS) is 1. The normalized spacial score (nSPS) is 11.4. The molecular weight excluding hydrogens is 256 g/mol. The summed E-state index contributed by atoms with van der Waals surface area (Å²) in [6, 6.07) is 5.98. The van der Waals surface area contributed by atoms with Crippen LogP contribution in [0.1, 0.15) is 10.4 Å². The maximum absolute atomic E-state index is 11.5. The topological polar surface area (TPSA) is 89.3 Å². The molecule has 0 amide bonds. The molecule has 0 saturated heterocycles. The number of carboxylic acids is 1. The van der Waals surface area contributed by atoms with Gasteiger partial charge in [0, 0.05) is 24.3 Å². The summed E-state index contributed by atoms with van der Waals surface area (Å²) in [6.07, 6.45) is 3.87. The number of imidazole rings is 1. The van der Waals surface area contributed by atoms with E-state index in [0.717, 1.165) is 6.26 Å². The summed E-state index contributed by atoms with van der Waals surface area (Å²) in [4.78, 5) is 14.6. The lowest BCUT2D eigenvalue weighted by atomic mass is 10.2. The Kier molecular flexibility index (Phi) is 2.92. The average Bonchev–Trinajstić information content (AvgIpc) is 2.77. The first kappa shape index (κ1) is 12.3. The number of aromatic nitrogens is 2. The van der Waals surface area contributed by atoms with E-state index in [1.54, 1.807) is 12.1 Å². The zero-order valence-electron chi connectivity index (χ0n) is 9.44. The van der Waals surface area contributed by atoms with Gasteiger partial charge in [0.25, 0.3) is 0 Å². The predicted octanol–water partition coefficient (Wildman–Crippen LogP) is 0.974. The molecule has 0 unspecified atom stereocenters. The highest BCUT2D eigenvalue weighted by molar-refractivity contribution is 7.90. The van der Waals surface area contributed by atoms with Crippen molar-refractivity contribution in [1.29, 1.82) is 0 Å². The van der Waals surface area contributed by atoms with E-state index in [1.165, 1.54) is 29.1 Å². The molecule has 1 aromatic heterocycles. The minimum atomic E-state index is -3.47. The number of hydrogen-bond acceptors (Lipinski definition) is 4. The van der Waals surface area contributed by atoms with Gasteiger partial charge in [-0.3, -0.25) is 4.57 Å². The molecule has 0 fully saturated rings. The van der Waals surface area contributed by atoms with Gasteiger partial charge in [-0.2, -0.15) is 0 Å². The van der Waals surface area contributed by atoms with Crippen LogP contribution in [0.3, 0.4) is 0 Å². The zero-order chi connectivity index (χ0) is 13.3. The van der Waals surface area contributed by atoms with E-state index in [-0.39, 0.29) is 10.7 Å². The molecule has 1 N–H and O–H groups in total. The molecule has 1 heterocycles. The second-order valence-corrected chi connectivity index (χ2v) is 5.62. The summed E-state index contributed by atoms with van der Waals surface area (Å²) in [7, 11) is -3.47. The molecule has 7 heteroatoms. The summed E-state index contributed by atoms with van der Waals surface area (Å²) >= 11 is 0. The van der Waals surface area contributed by atoms with Gasteiger partial charge < -0.3 is 5.11 Å². The molecule has 0 bridgehead atoms. The average molecular weight is 266 g/mol. The summed E-state index contributed by atoms with van der Waals surface area (Å²) < 4.78 is 24.3. The van der Waals surface area contributed by atoms with Gasteiger partial charge in [0.15, 0.2) is 0 Å². The number of rotatable bonds is 3. The highest BCUT2D eigenvalue weighted by Gasteiger charge is 2.16. The maximum Gasteiger partial charge on any atom is 0.335 e. The van der Waals surface area contributed by atoms with Crippen LogP contribution < -0.4 is 0 Å². The molecule has 94 valence electrons. The number of hydrogen-bond donors (Lipinski definition) is 1. The Labute approximate surface area is 103 Å². The Balaban J connectivity index is 2.60.